The second-order valence-corrected chi connectivity index (χ2v) is 4.93. The van der Waals surface area contributed by atoms with Crippen LogP contribution in [0.4, 0.5) is 0 Å². The quantitative estimate of drug-likeness (QED) is 0.713. The topological polar surface area (TPSA) is 3.24 Å². The molecule has 0 N–H and O–H groups in total. The molecular formula is C14H21N. The first-order chi connectivity index (χ1) is 7.25. The minimum absolute atomic E-state index is 0.744. The summed E-state index contributed by atoms with van der Waals surface area (Å²) in [6.45, 7) is 7.11. The van der Waals surface area contributed by atoms with E-state index in [-0.39, 0.29) is 0 Å². The van der Waals surface area contributed by atoms with Gasteiger partial charge in [0.15, 0.2) is 0 Å². The first-order valence-electron chi connectivity index (χ1n) is 6.03. The molecule has 1 heteroatoms. The molecule has 0 aromatic heterocycles. The van der Waals surface area contributed by atoms with Crippen molar-refractivity contribution in [2.45, 2.75) is 39.3 Å². The molecule has 15 heavy (non-hydrogen) atoms. The predicted octanol–water partition coefficient (Wildman–Crippen LogP) is 3.31. The second-order valence-electron chi connectivity index (χ2n) is 4.93. The van der Waals surface area contributed by atoms with Crippen LogP contribution in [0.5, 0.6) is 0 Å². The highest BCUT2D eigenvalue weighted by molar-refractivity contribution is 5.14. The van der Waals surface area contributed by atoms with Gasteiger partial charge in [-0.25, -0.2) is 0 Å². The summed E-state index contributed by atoms with van der Waals surface area (Å²) in [7, 11) is 0. The van der Waals surface area contributed by atoms with E-state index < -0.39 is 0 Å². The van der Waals surface area contributed by atoms with E-state index in [1.54, 1.807) is 0 Å². The summed E-state index contributed by atoms with van der Waals surface area (Å²) in [6, 6.07) is 11.5. The second kappa shape index (κ2) is 4.80. The summed E-state index contributed by atoms with van der Waals surface area (Å²) in [5.74, 6) is 0.909. The van der Waals surface area contributed by atoms with E-state index in [1.807, 2.05) is 0 Å². The van der Waals surface area contributed by atoms with Gasteiger partial charge in [-0.1, -0.05) is 37.3 Å². The first kappa shape index (κ1) is 10.7. The first-order valence-corrected chi connectivity index (χ1v) is 6.03. The number of piperidine rings is 1. The molecule has 1 aromatic rings. The minimum atomic E-state index is 0.744. The molecule has 82 valence electrons. The van der Waals surface area contributed by atoms with Crippen molar-refractivity contribution < 1.29 is 0 Å². The molecule has 2 rings (SSSR count). The summed E-state index contributed by atoms with van der Waals surface area (Å²) in [4.78, 5) is 2.61. The number of nitrogens with zero attached hydrogens (tertiary/aromatic N) is 1. The van der Waals surface area contributed by atoms with Gasteiger partial charge in [0, 0.05) is 12.6 Å². The van der Waals surface area contributed by atoms with Crippen LogP contribution in [-0.2, 0) is 6.54 Å². The van der Waals surface area contributed by atoms with E-state index in [2.05, 4.69) is 49.1 Å². The van der Waals surface area contributed by atoms with E-state index in [0.29, 0.717) is 0 Å². The molecule has 0 saturated carbocycles. The molecule has 0 spiro atoms. The zero-order valence-electron chi connectivity index (χ0n) is 9.82. The van der Waals surface area contributed by atoms with Crippen LogP contribution in [0.2, 0.25) is 0 Å². The third-order valence-electron chi connectivity index (χ3n) is 3.50. The van der Waals surface area contributed by atoms with E-state index >= 15 is 0 Å². The van der Waals surface area contributed by atoms with Crippen LogP contribution >= 0.6 is 0 Å². The number of likely N-dealkylation sites (tertiary alicyclic amines) is 1. The van der Waals surface area contributed by atoms with Crippen molar-refractivity contribution in [2.75, 3.05) is 6.54 Å². The fourth-order valence-electron chi connectivity index (χ4n) is 2.51. The van der Waals surface area contributed by atoms with Gasteiger partial charge >= 0.3 is 0 Å². The van der Waals surface area contributed by atoms with Crippen LogP contribution in [0.25, 0.3) is 0 Å². The lowest BCUT2D eigenvalue weighted by molar-refractivity contribution is 0.122. The van der Waals surface area contributed by atoms with Crippen molar-refractivity contribution in [3.05, 3.63) is 35.9 Å². The molecule has 1 heterocycles. The summed E-state index contributed by atoms with van der Waals surface area (Å²) in [5.41, 5.74) is 1.44. The van der Waals surface area contributed by atoms with Crippen molar-refractivity contribution in [2.24, 2.45) is 5.92 Å². The fourth-order valence-corrected chi connectivity index (χ4v) is 2.51. The van der Waals surface area contributed by atoms with Gasteiger partial charge < -0.3 is 0 Å². The van der Waals surface area contributed by atoms with Crippen molar-refractivity contribution >= 4 is 0 Å². The molecule has 1 aliphatic rings. The Balaban J connectivity index is 1.95. The molecule has 1 nitrogen and oxygen atoms in total. The molecule has 0 amide bonds. The van der Waals surface area contributed by atoms with E-state index in [9.17, 15) is 0 Å². The van der Waals surface area contributed by atoms with E-state index in [0.717, 1.165) is 18.5 Å². The lowest BCUT2D eigenvalue weighted by Crippen LogP contribution is -2.39. The third-order valence-corrected chi connectivity index (χ3v) is 3.50. The minimum Gasteiger partial charge on any atom is -0.296 e. The van der Waals surface area contributed by atoms with Crippen LogP contribution in [0, 0.1) is 5.92 Å². The Morgan fingerprint density at radius 3 is 2.60 bits per heavy atom. The molecule has 1 fully saturated rings. The Hall–Kier alpha value is -0.820. The Morgan fingerprint density at radius 2 is 1.93 bits per heavy atom. The number of rotatable bonds is 2. The van der Waals surface area contributed by atoms with Crippen LogP contribution in [0.15, 0.2) is 30.3 Å². The number of hydrogen-bond donors (Lipinski definition) is 0. The molecule has 0 aliphatic carbocycles. The van der Waals surface area contributed by atoms with Crippen molar-refractivity contribution in [3.63, 3.8) is 0 Å². The SMILES string of the molecule is C[C@@H]1CCN(Cc2ccccc2)[C@H](C)C1. The van der Waals surface area contributed by atoms with Gasteiger partial charge in [0.25, 0.3) is 0 Å². The Bertz CT molecular complexity index is 293. The summed E-state index contributed by atoms with van der Waals surface area (Å²) in [6.07, 6.45) is 2.71. The highest BCUT2D eigenvalue weighted by Gasteiger charge is 2.22. The maximum absolute atomic E-state index is 2.61. The van der Waals surface area contributed by atoms with Crippen molar-refractivity contribution in [1.82, 2.24) is 4.90 Å². The zero-order chi connectivity index (χ0) is 10.7. The highest BCUT2D eigenvalue weighted by Crippen LogP contribution is 2.23. The summed E-state index contributed by atoms with van der Waals surface area (Å²) < 4.78 is 0. The normalized spacial score (nSPS) is 27.9. The molecule has 1 aromatic carbocycles. The Morgan fingerprint density at radius 1 is 1.20 bits per heavy atom. The average molecular weight is 203 g/mol. The van der Waals surface area contributed by atoms with Gasteiger partial charge in [-0.3, -0.25) is 4.90 Å². The monoisotopic (exact) mass is 203 g/mol. The molecule has 0 unspecified atom stereocenters. The van der Waals surface area contributed by atoms with Crippen LogP contribution in [-0.4, -0.2) is 17.5 Å². The van der Waals surface area contributed by atoms with Crippen molar-refractivity contribution in [3.8, 4) is 0 Å². The smallest absolute Gasteiger partial charge is 0.0236 e. The van der Waals surface area contributed by atoms with Crippen molar-refractivity contribution in [1.29, 1.82) is 0 Å². The zero-order valence-corrected chi connectivity index (χ0v) is 9.82. The van der Waals surface area contributed by atoms with Gasteiger partial charge in [-0.05, 0) is 37.8 Å². The van der Waals surface area contributed by atoms with Crippen LogP contribution in [0.1, 0.15) is 32.3 Å². The average Bonchev–Trinajstić information content (AvgIpc) is 2.24. The lowest BCUT2D eigenvalue weighted by Gasteiger charge is -2.36. The standard InChI is InChI=1S/C14H21N/c1-12-8-9-15(13(2)10-12)11-14-6-4-3-5-7-14/h3-7,12-13H,8-11H2,1-2H3/t12-,13-/m1/s1. The van der Waals surface area contributed by atoms with Gasteiger partial charge in [0.2, 0.25) is 0 Å². The third kappa shape index (κ3) is 2.82. The highest BCUT2D eigenvalue weighted by atomic mass is 15.2. The largest absolute Gasteiger partial charge is 0.296 e. The maximum Gasteiger partial charge on any atom is 0.0236 e. The molecular weight excluding hydrogens is 182 g/mol. The summed E-state index contributed by atoms with van der Waals surface area (Å²) >= 11 is 0. The van der Waals surface area contributed by atoms with Crippen LogP contribution in [0.3, 0.4) is 0 Å². The molecule has 0 radical (unpaired) electrons. The lowest BCUT2D eigenvalue weighted by atomic mass is 9.93. The molecule has 0 bridgehead atoms. The predicted molar refractivity (Wildman–Crippen MR) is 64.7 cm³/mol. The van der Waals surface area contributed by atoms with Crippen LogP contribution < -0.4 is 0 Å². The molecule has 1 aliphatic heterocycles. The van der Waals surface area contributed by atoms with Gasteiger partial charge in [0.05, 0.1) is 0 Å². The van der Waals surface area contributed by atoms with E-state index in [1.165, 1.54) is 24.9 Å². The number of benzene rings is 1. The number of hydrogen-bond acceptors (Lipinski definition) is 1. The van der Waals surface area contributed by atoms with E-state index in [4.69, 9.17) is 0 Å². The molecule has 1 saturated heterocycles. The fraction of sp³-hybridized carbons (Fsp3) is 0.571. The Labute approximate surface area is 93.1 Å². The van der Waals surface area contributed by atoms with Gasteiger partial charge in [0.1, 0.15) is 0 Å². The van der Waals surface area contributed by atoms with Gasteiger partial charge in [-0.15, -0.1) is 0 Å². The maximum atomic E-state index is 2.61. The Kier molecular flexibility index (Phi) is 3.42. The van der Waals surface area contributed by atoms with Gasteiger partial charge in [-0.2, -0.15) is 0 Å². The summed E-state index contributed by atoms with van der Waals surface area (Å²) in [5, 5.41) is 0. The molecule has 2 atom stereocenters.